The van der Waals surface area contributed by atoms with Gasteiger partial charge >= 0.3 is 0 Å². The predicted molar refractivity (Wildman–Crippen MR) is 161 cm³/mol. The molecule has 0 saturated carbocycles. The summed E-state index contributed by atoms with van der Waals surface area (Å²) < 4.78 is 5.26. The maximum atomic E-state index is 14.6. The highest BCUT2D eigenvalue weighted by atomic mass is 16.5. The Morgan fingerprint density at radius 2 is 1.63 bits per heavy atom. The lowest BCUT2D eigenvalue weighted by Crippen LogP contribution is -2.63. The van der Waals surface area contributed by atoms with Crippen LogP contribution in [0.3, 0.4) is 0 Å². The zero-order valence-corrected chi connectivity index (χ0v) is 23.7. The second-order valence-electron chi connectivity index (χ2n) is 10.5. The van der Waals surface area contributed by atoms with Crippen molar-refractivity contribution in [1.82, 2.24) is 5.32 Å². The van der Waals surface area contributed by atoms with Crippen molar-refractivity contribution < 1.29 is 19.1 Å². The quantitative estimate of drug-likeness (QED) is 0.354. The molecule has 41 heavy (non-hydrogen) atoms. The number of methoxy groups -OCH3 is 1. The molecule has 8 nitrogen and oxygen atoms in total. The molecule has 1 aliphatic heterocycles. The number of ether oxygens (including phenoxy) is 1. The summed E-state index contributed by atoms with van der Waals surface area (Å²) in [4.78, 5) is 44.8. The number of para-hydroxylation sites is 2. The summed E-state index contributed by atoms with van der Waals surface area (Å²) in [5.74, 6) is -1.63. The van der Waals surface area contributed by atoms with Gasteiger partial charge in [0.05, 0.1) is 30.9 Å². The first-order valence-corrected chi connectivity index (χ1v) is 13.5. The minimum atomic E-state index is -1.43. The summed E-state index contributed by atoms with van der Waals surface area (Å²) in [7, 11) is 3.16. The van der Waals surface area contributed by atoms with E-state index >= 15 is 0 Å². The van der Waals surface area contributed by atoms with Crippen LogP contribution in [0.2, 0.25) is 0 Å². The fourth-order valence-electron chi connectivity index (χ4n) is 5.54. The molecule has 8 heteroatoms. The fraction of sp³-hybridized carbons (Fsp3) is 0.242. The van der Waals surface area contributed by atoms with E-state index in [1.165, 1.54) is 0 Å². The number of likely N-dealkylation sites (N-methyl/N-ethyl adjacent to an activating group) is 1. The summed E-state index contributed by atoms with van der Waals surface area (Å²) in [5.41, 5.74) is 8.08. The third kappa shape index (κ3) is 4.91. The Bertz CT molecular complexity index is 1630. The Kier molecular flexibility index (Phi) is 7.51. The third-order valence-electron chi connectivity index (χ3n) is 8.29. The van der Waals surface area contributed by atoms with Gasteiger partial charge in [-0.2, -0.15) is 0 Å². The highest BCUT2D eigenvalue weighted by Gasteiger charge is 2.48. The summed E-state index contributed by atoms with van der Waals surface area (Å²) in [6, 6.07) is 26.3. The summed E-state index contributed by atoms with van der Waals surface area (Å²) in [5, 5.41) is 5.10. The molecule has 5 rings (SSSR count). The minimum Gasteiger partial charge on any atom is -0.497 e. The number of primary amides is 1. The molecule has 1 unspecified atom stereocenters. The van der Waals surface area contributed by atoms with E-state index in [1.807, 2.05) is 61.5 Å². The Balaban J connectivity index is 1.70. The van der Waals surface area contributed by atoms with Gasteiger partial charge in [-0.1, -0.05) is 48.5 Å². The number of benzene rings is 4. The van der Waals surface area contributed by atoms with Gasteiger partial charge in [-0.15, -0.1) is 0 Å². The molecule has 4 aromatic rings. The van der Waals surface area contributed by atoms with Crippen LogP contribution < -0.4 is 25.6 Å². The number of hydrogen-bond donors (Lipinski definition) is 2. The van der Waals surface area contributed by atoms with Gasteiger partial charge in [-0.25, -0.2) is 0 Å². The number of anilines is 2. The highest BCUT2D eigenvalue weighted by molar-refractivity contribution is 6.12. The van der Waals surface area contributed by atoms with E-state index in [9.17, 15) is 14.4 Å². The molecule has 1 aliphatic rings. The maximum Gasteiger partial charge on any atom is 0.258 e. The third-order valence-corrected chi connectivity index (χ3v) is 8.29. The van der Waals surface area contributed by atoms with E-state index in [0.29, 0.717) is 22.7 Å². The SMILES string of the molecule is CNC(C)(C(N)=O)[C@@H]1CN(C(=O)c2ccc(OC)cc2)c2ccccc2N(Cc2c(C)ccc3ccccc23)C1=O. The van der Waals surface area contributed by atoms with Crippen LogP contribution in [-0.2, 0) is 16.1 Å². The Labute approximate surface area is 239 Å². The lowest BCUT2D eigenvalue weighted by molar-refractivity contribution is -0.133. The molecule has 210 valence electrons. The largest absolute Gasteiger partial charge is 0.497 e. The van der Waals surface area contributed by atoms with Crippen LogP contribution in [0.15, 0.2) is 84.9 Å². The van der Waals surface area contributed by atoms with Crippen LogP contribution in [0.25, 0.3) is 10.8 Å². The molecule has 0 aromatic heterocycles. The topological polar surface area (TPSA) is 105 Å². The molecule has 0 saturated heterocycles. The molecule has 3 amide bonds. The molecule has 0 radical (unpaired) electrons. The molecule has 0 fully saturated rings. The lowest BCUT2D eigenvalue weighted by atomic mass is 9.83. The number of nitrogens with zero attached hydrogens (tertiary/aromatic N) is 2. The van der Waals surface area contributed by atoms with Crippen LogP contribution in [0.1, 0.15) is 28.4 Å². The van der Waals surface area contributed by atoms with Crippen molar-refractivity contribution in [3.8, 4) is 5.75 Å². The van der Waals surface area contributed by atoms with Gasteiger partial charge in [-0.05, 0) is 79.2 Å². The first-order chi connectivity index (χ1) is 19.7. The molecule has 0 spiro atoms. The number of carbonyl (C=O) groups excluding carboxylic acids is 3. The van der Waals surface area contributed by atoms with E-state index in [1.54, 1.807) is 55.1 Å². The number of nitrogens with two attached hydrogens (primary N) is 1. The smallest absolute Gasteiger partial charge is 0.258 e. The number of hydrogen-bond acceptors (Lipinski definition) is 5. The standard InChI is InChI=1S/C33H34N4O4/c1-21-13-14-22-9-5-6-10-25(22)26(21)19-36-28-11-7-8-12-29(28)37(30(38)23-15-17-24(41-4)18-16-23)20-27(31(36)39)33(2,35-3)32(34)40/h5-18,27,35H,19-20H2,1-4H3,(H2,34,40)/t27-,33?/m1/s1. The molecular formula is C33H34N4O4. The van der Waals surface area contributed by atoms with Crippen LogP contribution in [0, 0.1) is 12.8 Å². The van der Waals surface area contributed by atoms with Gasteiger partial charge < -0.3 is 25.6 Å². The van der Waals surface area contributed by atoms with Crippen LogP contribution in [0.4, 0.5) is 11.4 Å². The van der Waals surface area contributed by atoms with Crippen LogP contribution in [0.5, 0.6) is 5.75 Å². The van der Waals surface area contributed by atoms with Crippen molar-refractivity contribution in [1.29, 1.82) is 0 Å². The maximum absolute atomic E-state index is 14.6. The van der Waals surface area contributed by atoms with Crippen molar-refractivity contribution in [2.75, 3.05) is 30.5 Å². The number of rotatable bonds is 7. The van der Waals surface area contributed by atoms with E-state index in [4.69, 9.17) is 10.5 Å². The summed E-state index contributed by atoms with van der Waals surface area (Å²) in [6.07, 6.45) is 0. The molecular weight excluding hydrogens is 516 g/mol. The van der Waals surface area contributed by atoms with E-state index in [-0.39, 0.29) is 24.9 Å². The second kappa shape index (κ2) is 11.1. The van der Waals surface area contributed by atoms with Gasteiger partial charge in [0.15, 0.2) is 0 Å². The van der Waals surface area contributed by atoms with Gasteiger partial charge in [0.2, 0.25) is 11.8 Å². The van der Waals surface area contributed by atoms with Crippen LogP contribution >= 0.6 is 0 Å². The lowest BCUT2D eigenvalue weighted by Gasteiger charge is -2.36. The number of nitrogens with one attached hydrogen (secondary N) is 1. The monoisotopic (exact) mass is 550 g/mol. The van der Waals surface area contributed by atoms with Gasteiger partial charge in [0, 0.05) is 12.1 Å². The molecule has 4 aromatic carbocycles. The zero-order valence-electron chi connectivity index (χ0n) is 23.7. The fourth-order valence-corrected chi connectivity index (χ4v) is 5.54. The molecule has 0 aliphatic carbocycles. The number of aryl methyl sites for hydroxylation is 1. The normalized spacial score (nSPS) is 16.6. The summed E-state index contributed by atoms with van der Waals surface area (Å²) in [6.45, 7) is 3.84. The molecule has 0 bridgehead atoms. The molecule has 2 atom stereocenters. The molecule has 3 N–H and O–H groups in total. The summed E-state index contributed by atoms with van der Waals surface area (Å²) >= 11 is 0. The van der Waals surface area contributed by atoms with Gasteiger partial charge in [0.25, 0.3) is 5.91 Å². The number of carbonyl (C=O) groups is 3. The average Bonchev–Trinajstić information content (AvgIpc) is 3.12. The first kappa shape index (κ1) is 27.9. The van der Waals surface area contributed by atoms with Gasteiger partial charge in [-0.3, -0.25) is 14.4 Å². The minimum absolute atomic E-state index is 0.0496. The Morgan fingerprint density at radius 3 is 2.29 bits per heavy atom. The van der Waals surface area contributed by atoms with Crippen LogP contribution in [-0.4, -0.2) is 44.0 Å². The van der Waals surface area contributed by atoms with E-state index < -0.39 is 17.4 Å². The van der Waals surface area contributed by atoms with Crippen molar-refractivity contribution in [2.45, 2.75) is 25.9 Å². The highest BCUT2D eigenvalue weighted by Crippen LogP contribution is 2.39. The Hall–Kier alpha value is -4.69. The van der Waals surface area contributed by atoms with E-state index in [0.717, 1.165) is 21.9 Å². The number of fused-ring (bicyclic) bond motifs is 2. The number of amides is 3. The van der Waals surface area contributed by atoms with E-state index in [2.05, 4.69) is 11.4 Å². The van der Waals surface area contributed by atoms with Crippen molar-refractivity contribution in [2.24, 2.45) is 11.7 Å². The van der Waals surface area contributed by atoms with Crippen molar-refractivity contribution >= 4 is 39.9 Å². The van der Waals surface area contributed by atoms with Gasteiger partial charge in [0.1, 0.15) is 11.3 Å². The van der Waals surface area contributed by atoms with Crippen molar-refractivity contribution in [3.63, 3.8) is 0 Å². The average molecular weight is 551 g/mol. The predicted octanol–water partition coefficient (Wildman–Crippen LogP) is 4.43. The second-order valence-corrected chi connectivity index (χ2v) is 10.5. The molecule has 1 heterocycles. The van der Waals surface area contributed by atoms with Crippen molar-refractivity contribution in [3.05, 3.63) is 102 Å². The Morgan fingerprint density at radius 1 is 0.976 bits per heavy atom. The first-order valence-electron chi connectivity index (χ1n) is 13.5. The zero-order chi connectivity index (χ0) is 29.3.